The molecule has 0 aliphatic heterocycles. The van der Waals surface area contributed by atoms with Gasteiger partial charge in [-0.05, 0) is 71.6 Å². The van der Waals surface area contributed by atoms with E-state index in [-0.39, 0.29) is 17.4 Å². The van der Waals surface area contributed by atoms with Gasteiger partial charge >= 0.3 is 0 Å². The van der Waals surface area contributed by atoms with E-state index in [1.165, 1.54) is 0 Å². The third-order valence-corrected chi connectivity index (χ3v) is 7.61. The third kappa shape index (κ3) is 8.50. The molecule has 0 spiro atoms. The molecule has 0 fully saturated rings. The molecule has 2 unspecified atom stereocenters. The molecule has 0 aliphatic carbocycles. The normalized spacial score (nSPS) is 12.5. The van der Waals surface area contributed by atoms with Crippen molar-refractivity contribution in [3.8, 4) is 23.0 Å². The summed E-state index contributed by atoms with van der Waals surface area (Å²) in [5.41, 5.74) is 4.25. The molecule has 5 aromatic rings. The van der Waals surface area contributed by atoms with Crippen molar-refractivity contribution in [2.45, 2.75) is 38.3 Å². The number of aliphatic hydroxyl groups is 1. The average Bonchev–Trinajstić information content (AvgIpc) is 3.06. The van der Waals surface area contributed by atoms with Crippen molar-refractivity contribution in [3.05, 3.63) is 155 Å². The summed E-state index contributed by atoms with van der Waals surface area (Å²) < 4.78 is 12.4. The monoisotopic (exact) mass is 603 g/mol. The van der Waals surface area contributed by atoms with Crippen LogP contribution >= 0.6 is 0 Å². The standard InChI is InChI=1S/C38H37NO6/c1-27(41)38(45-35-20-21-37(32(22-35)25-40)44-26-29-10-6-3-7-11-29)39(23-28-8-4-2-5-9-28)24-36(30-12-16-33(42)17-13-30)31-14-18-34(43)19-15-31/h2-22,25,27,36,38,41-43H,23-24,26H2,1H3. The average molecular weight is 604 g/mol. The first-order chi connectivity index (χ1) is 21.9. The van der Waals surface area contributed by atoms with Gasteiger partial charge in [-0.2, -0.15) is 0 Å². The summed E-state index contributed by atoms with van der Waals surface area (Å²) >= 11 is 0. The van der Waals surface area contributed by atoms with Crippen LogP contribution in [-0.2, 0) is 13.2 Å². The van der Waals surface area contributed by atoms with E-state index in [9.17, 15) is 20.1 Å². The lowest BCUT2D eigenvalue weighted by molar-refractivity contribution is -0.0638. The highest BCUT2D eigenvalue weighted by Gasteiger charge is 2.29. The summed E-state index contributed by atoms with van der Waals surface area (Å²) in [4.78, 5) is 14.1. The lowest BCUT2D eigenvalue weighted by atomic mass is 9.90. The van der Waals surface area contributed by atoms with Gasteiger partial charge in [-0.1, -0.05) is 84.9 Å². The van der Waals surface area contributed by atoms with E-state index >= 15 is 0 Å². The van der Waals surface area contributed by atoms with Gasteiger partial charge in [-0.15, -0.1) is 0 Å². The van der Waals surface area contributed by atoms with E-state index < -0.39 is 12.3 Å². The molecule has 0 saturated carbocycles. The van der Waals surface area contributed by atoms with Crippen molar-refractivity contribution in [3.63, 3.8) is 0 Å². The van der Waals surface area contributed by atoms with E-state index in [0.29, 0.717) is 36.8 Å². The highest BCUT2D eigenvalue weighted by molar-refractivity contribution is 5.80. The van der Waals surface area contributed by atoms with Crippen molar-refractivity contribution in [2.75, 3.05) is 6.54 Å². The molecular weight excluding hydrogens is 566 g/mol. The Labute approximate surface area is 263 Å². The first kappa shape index (κ1) is 31.3. The summed E-state index contributed by atoms with van der Waals surface area (Å²) in [5, 5.41) is 31.1. The topological polar surface area (TPSA) is 99.5 Å². The molecule has 7 heteroatoms. The fourth-order valence-electron chi connectivity index (χ4n) is 5.30. The van der Waals surface area contributed by atoms with Crippen molar-refractivity contribution >= 4 is 6.29 Å². The fourth-order valence-corrected chi connectivity index (χ4v) is 5.30. The van der Waals surface area contributed by atoms with E-state index in [2.05, 4.69) is 4.90 Å². The van der Waals surface area contributed by atoms with Crippen LogP contribution in [0.4, 0.5) is 0 Å². The highest BCUT2D eigenvalue weighted by atomic mass is 16.5. The van der Waals surface area contributed by atoms with Crippen LogP contribution in [0.2, 0.25) is 0 Å². The molecule has 0 radical (unpaired) electrons. The summed E-state index contributed by atoms with van der Waals surface area (Å²) in [5.74, 6) is 0.988. The molecule has 7 nitrogen and oxygen atoms in total. The minimum Gasteiger partial charge on any atom is -0.508 e. The van der Waals surface area contributed by atoms with Crippen LogP contribution in [-0.4, -0.2) is 45.4 Å². The zero-order valence-electron chi connectivity index (χ0n) is 25.1. The zero-order chi connectivity index (χ0) is 31.6. The Morgan fingerprint density at radius 2 is 1.29 bits per heavy atom. The number of phenols is 2. The Balaban J connectivity index is 1.46. The van der Waals surface area contributed by atoms with Crippen molar-refractivity contribution in [1.82, 2.24) is 4.90 Å². The Morgan fingerprint density at radius 1 is 0.733 bits per heavy atom. The summed E-state index contributed by atoms with van der Waals surface area (Å²) in [6.45, 7) is 2.89. The molecule has 45 heavy (non-hydrogen) atoms. The van der Waals surface area contributed by atoms with Crippen LogP contribution in [0.25, 0.3) is 0 Å². The number of benzene rings is 5. The first-order valence-corrected chi connectivity index (χ1v) is 14.9. The molecule has 0 aromatic heterocycles. The number of hydrogen-bond donors (Lipinski definition) is 3. The maximum Gasteiger partial charge on any atom is 0.178 e. The minimum atomic E-state index is -0.914. The first-order valence-electron chi connectivity index (χ1n) is 14.9. The second-order valence-electron chi connectivity index (χ2n) is 11.0. The number of rotatable bonds is 14. The molecule has 0 saturated heterocycles. The number of carbonyl (C=O) groups excluding carboxylic acids is 1. The molecule has 0 bridgehead atoms. The van der Waals surface area contributed by atoms with Gasteiger partial charge < -0.3 is 24.8 Å². The van der Waals surface area contributed by atoms with Gasteiger partial charge in [0.2, 0.25) is 0 Å². The van der Waals surface area contributed by atoms with Crippen molar-refractivity contribution in [1.29, 1.82) is 0 Å². The number of ether oxygens (including phenoxy) is 2. The molecule has 3 N–H and O–H groups in total. The minimum absolute atomic E-state index is 0.164. The molecule has 230 valence electrons. The van der Waals surface area contributed by atoms with Crippen molar-refractivity contribution < 1.29 is 29.6 Å². The summed E-state index contributed by atoms with van der Waals surface area (Å²) in [6.07, 6.45) is -0.974. The highest BCUT2D eigenvalue weighted by Crippen LogP contribution is 2.32. The molecule has 0 heterocycles. The number of carbonyl (C=O) groups is 1. The summed E-state index contributed by atoms with van der Waals surface area (Å²) in [6, 6.07) is 38.8. The molecule has 2 atom stereocenters. The molecular formula is C38H37NO6. The van der Waals surface area contributed by atoms with Crippen molar-refractivity contribution in [2.24, 2.45) is 0 Å². The van der Waals surface area contributed by atoms with Gasteiger partial charge in [0.05, 0.1) is 5.56 Å². The van der Waals surface area contributed by atoms with Crippen LogP contribution in [0.1, 0.15) is 45.5 Å². The SMILES string of the molecule is CC(O)C(Oc1ccc(OCc2ccccc2)c(C=O)c1)N(Cc1ccccc1)CC(c1ccc(O)cc1)c1ccc(O)cc1. The van der Waals surface area contributed by atoms with Gasteiger partial charge in [-0.25, -0.2) is 0 Å². The second-order valence-corrected chi connectivity index (χ2v) is 11.0. The van der Waals surface area contributed by atoms with Gasteiger partial charge in [0.25, 0.3) is 0 Å². The van der Waals surface area contributed by atoms with Gasteiger partial charge in [0.15, 0.2) is 12.5 Å². The number of hydrogen-bond acceptors (Lipinski definition) is 7. The fraction of sp³-hybridized carbons (Fsp3) is 0.184. The van der Waals surface area contributed by atoms with Gasteiger partial charge in [-0.3, -0.25) is 9.69 Å². The molecule has 0 amide bonds. The molecule has 5 rings (SSSR count). The maximum absolute atomic E-state index is 12.1. The molecule has 5 aromatic carbocycles. The van der Waals surface area contributed by atoms with Crippen LogP contribution < -0.4 is 9.47 Å². The smallest absolute Gasteiger partial charge is 0.178 e. The van der Waals surface area contributed by atoms with E-state index in [1.807, 2.05) is 84.9 Å². The lowest BCUT2D eigenvalue weighted by Gasteiger charge is -2.36. The Hall–Kier alpha value is -5.11. The van der Waals surface area contributed by atoms with E-state index in [0.717, 1.165) is 28.5 Å². The van der Waals surface area contributed by atoms with Gasteiger partial charge in [0, 0.05) is 19.0 Å². The Morgan fingerprint density at radius 3 is 1.82 bits per heavy atom. The Kier molecular flexibility index (Phi) is 10.5. The zero-order valence-corrected chi connectivity index (χ0v) is 25.1. The predicted octanol–water partition coefficient (Wildman–Crippen LogP) is 6.91. The van der Waals surface area contributed by atoms with Crippen LogP contribution in [0.3, 0.4) is 0 Å². The number of aromatic hydroxyl groups is 2. The Bertz CT molecular complexity index is 1590. The largest absolute Gasteiger partial charge is 0.508 e. The second kappa shape index (κ2) is 15.1. The quantitative estimate of drug-likeness (QED) is 0.0937. The van der Waals surface area contributed by atoms with Crippen LogP contribution in [0.15, 0.2) is 127 Å². The van der Waals surface area contributed by atoms with Crippen LogP contribution in [0.5, 0.6) is 23.0 Å². The van der Waals surface area contributed by atoms with Crippen LogP contribution in [0, 0.1) is 0 Å². The number of phenolic OH excluding ortho intramolecular Hbond substituents is 2. The maximum atomic E-state index is 12.1. The van der Waals surface area contributed by atoms with E-state index in [1.54, 1.807) is 49.4 Å². The number of aliphatic hydroxyl groups excluding tert-OH is 1. The van der Waals surface area contributed by atoms with Gasteiger partial charge in [0.1, 0.15) is 35.7 Å². The molecule has 0 aliphatic rings. The number of nitrogens with zero attached hydrogens (tertiary/aromatic N) is 1. The predicted molar refractivity (Wildman–Crippen MR) is 174 cm³/mol. The third-order valence-electron chi connectivity index (χ3n) is 7.61. The number of aldehydes is 1. The summed E-state index contributed by atoms with van der Waals surface area (Å²) in [7, 11) is 0. The van der Waals surface area contributed by atoms with E-state index in [4.69, 9.17) is 9.47 Å². The lowest BCUT2D eigenvalue weighted by Crippen LogP contribution is -2.48.